The standard InChI is InChI=1S/C13H17N3O4/c1-14-12(17)10-5-8(3-4-15-10)16(2)11-7-20-6-9(11)13(18)19/h3-5,9,11H,6-7H2,1-2H3,(H,14,17)(H,18,19). The number of hydrogen-bond acceptors (Lipinski definition) is 5. The highest BCUT2D eigenvalue weighted by molar-refractivity contribution is 5.92. The average molecular weight is 279 g/mol. The molecule has 0 aromatic carbocycles. The molecule has 1 aromatic heterocycles. The summed E-state index contributed by atoms with van der Waals surface area (Å²) in [6.45, 7) is 0.558. The maximum absolute atomic E-state index is 11.6. The molecular weight excluding hydrogens is 262 g/mol. The third-order valence-corrected chi connectivity index (χ3v) is 3.48. The quantitative estimate of drug-likeness (QED) is 0.804. The van der Waals surface area contributed by atoms with Crippen molar-refractivity contribution in [3.8, 4) is 0 Å². The lowest BCUT2D eigenvalue weighted by atomic mass is 10.0. The average Bonchev–Trinajstić information content (AvgIpc) is 2.95. The Bertz CT molecular complexity index is 520. The zero-order chi connectivity index (χ0) is 14.7. The number of nitrogens with one attached hydrogen (secondary N) is 1. The van der Waals surface area contributed by atoms with Crippen LogP contribution >= 0.6 is 0 Å². The van der Waals surface area contributed by atoms with Gasteiger partial charge >= 0.3 is 5.97 Å². The molecule has 2 atom stereocenters. The van der Waals surface area contributed by atoms with E-state index in [1.54, 1.807) is 19.2 Å². The number of ether oxygens (including phenoxy) is 1. The summed E-state index contributed by atoms with van der Waals surface area (Å²) in [5.41, 5.74) is 1.03. The molecule has 2 heterocycles. The van der Waals surface area contributed by atoms with E-state index in [0.717, 1.165) is 5.69 Å². The number of carboxylic acid groups (broad SMARTS) is 1. The minimum Gasteiger partial charge on any atom is -0.481 e. The number of hydrogen-bond donors (Lipinski definition) is 2. The number of aliphatic carboxylic acids is 1. The summed E-state index contributed by atoms with van der Waals surface area (Å²) in [5.74, 6) is -1.73. The number of pyridine rings is 1. The first-order valence-corrected chi connectivity index (χ1v) is 6.26. The summed E-state index contributed by atoms with van der Waals surface area (Å²) < 4.78 is 5.26. The lowest BCUT2D eigenvalue weighted by molar-refractivity contribution is -0.141. The van der Waals surface area contributed by atoms with Crippen molar-refractivity contribution in [3.63, 3.8) is 0 Å². The topological polar surface area (TPSA) is 91.8 Å². The number of carbonyl (C=O) groups is 2. The van der Waals surface area contributed by atoms with E-state index in [0.29, 0.717) is 12.3 Å². The molecule has 1 saturated heterocycles. The Morgan fingerprint density at radius 1 is 1.50 bits per heavy atom. The van der Waals surface area contributed by atoms with Crippen LogP contribution in [0.5, 0.6) is 0 Å². The monoisotopic (exact) mass is 279 g/mol. The van der Waals surface area contributed by atoms with Crippen molar-refractivity contribution in [2.24, 2.45) is 5.92 Å². The SMILES string of the molecule is CNC(=O)c1cc(N(C)C2COCC2C(=O)O)ccn1. The van der Waals surface area contributed by atoms with Crippen molar-refractivity contribution in [2.45, 2.75) is 6.04 Å². The number of carboxylic acids is 1. The predicted molar refractivity (Wildman–Crippen MR) is 71.8 cm³/mol. The Morgan fingerprint density at radius 3 is 2.90 bits per heavy atom. The van der Waals surface area contributed by atoms with E-state index >= 15 is 0 Å². The van der Waals surface area contributed by atoms with Crippen molar-refractivity contribution in [1.82, 2.24) is 10.3 Å². The van der Waals surface area contributed by atoms with Crippen LogP contribution in [0.3, 0.4) is 0 Å². The van der Waals surface area contributed by atoms with Crippen LogP contribution in [-0.4, -0.2) is 55.3 Å². The van der Waals surface area contributed by atoms with Crippen LogP contribution in [-0.2, 0) is 9.53 Å². The number of nitrogens with zero attached hydrogens (tertiary/aromatic N) is 2. The number of aromatic nitrogens is 1. The predicted octanol–water partition coefficient (Wildman–Crippen LogP) is -0.0230. The van der Waals surface area contributed by atoms with Gasteiger partial charge in [0.05, 0.1) is 19.3 Å². The van der Waals surface area contributed by atoms with E-state index in [2.05, 4.69) is 10.3 Å². The van der Waals surface area contributed by atoms with Gasteiger partial charge in [0.15, 0.2) is 0 Å². The molecule has 0 bridgehead atoms. The fourth-order valence-corrected chi connectivity index (χ4v) is 2.24. The van der Waals surface area contributed by atoms with Crippen LogP contribution in [0.1, 0.15) is 10.5 Å². The minimum absolute atomic E-state index is 0.206. The molecule has 2 N–H and O–H groups in total. The van der Waals surface area contributed by atoms with Crippen LogP contribution in [0, 0.1) is 5.92 Å². The van der Waals surface area contributed by atoms with Crippen LogP contribution in [0.2, 0.25) is 0 Å². The van der Waals surface area contributed by atoms with Crippen molar-refractivity contribution >= 4 is 17.6 Å². The molecule has 2 rings (SSSR count). The second-order valence-electron chi connectivity index (χ2n) is 4.64. The van der Waals surface area contributed by atoms with Crippen molar-refractivity contribution in [1.29, 1.82) is 0 Å². The van der Waals surface area contributed by atoms with Crippen LogP contribution < -0.4 is 10.2 Å². The summed E-state index contributed by atoms with van der Waals surface area (Å²) in [5, 5.41) is 11.7. The van der Waals surface area contributed by atoms with Gasteiger partial charge in [-0.25, -0.2) is 0 Å². The number of anilines is 1. The van der Waals surface area contributed by atoms with Crippen LogP contribution in [0.15, 0.2) is 18.3 Å². The van der Waals surface area contributed by atoms with Gasteiger partial charge in [-0.3, -0.25) is 14.6 Å². The molecule has 1 amide bonds. The maximum Gasteiger partial charge on any atom is 0.311 e. The third-order valence-electron chi connectivity index (χ3n) is 3.48. The first-order valence-electron chi connectivity index (χ1n) is 6.26. The zero-order valence-electron chi connectivity index (χ0n) is 11.4. The first-order chi connectivity index (χ1) is 9.54. The maximum atomic E-state index is 11.6. The molecule has 1 aromatic rings. The van der Waals surface area contributed by atoms with E-state index in [1.165, 1.54) is 13.2 Å². The van der Waals surface area contributed by atoms with E-state index in [-0.39, 0.29) is 18.6 Å². The molecule has 1 aliphatic heterocycles. The minimum atomic E-state index is -0.875. The van der Waals surface area contributed by atoms with Gasteiger partial charge in [-0.2, -0.15) is 0 Å². The van der Waals surface area contributed by atoms with E-state index in [1.807, 2.05) is 4.90 Å². The molecular formula is C13H17N3O4. The second-order valence-corrected chi connectivity index (χ2v) is 4.64. The lowest BCUT2D eigenvalue weighted by Gasteiger charge is -2.28. The summed E-state index contributed by atoms with van der Waals surface area (Å²) in [6.07, 6.45) is 1.53. The Balaban J connectivity index is 2.22. The van der Waals surface area contributed by atoms with Gasteiger partial charge < -0.3 is 20.1 Å². The molecule has 20 heavy (non-hydrogen) atoms. The van der Waals surface area contributed by atoms with E-state index in [4.69, 9.17) is 4.74 Å². The van der Waals surface area contributed by atoms with Gasteiger partial charge in [0.2, 0.25) is 0 Å². The van der Waals surface area contributed by atoms with Crippen molar-refractivity contribution in [3.05, 3.63) is 24.0 Å². The highest BCUT2D eigenvalue weighted by Gasteiger charge is 2.37. The number of amides is 1. The molecule has 2 unspecified atom stereocenters. The summed E-state index contributed by atoms with van der Waals surface area (Å²) in [6, 6.07) is 3.12. The molecule has 0 aliphatic carbocycles. The van der Waals surface area contributed by atoms with Crippen LogP contribution in [0.25, 0.3) is 0 Å². The normalized spacial score (nSPS) is 21.5. The van der Waals surface area contributed by atoms with Gasteiger partial charge in [0, 0.05) is 26.0 Å². The first kappa shape index (κ1) is 14.3. The van der Waals surface area contributed by atoms with Gasteiger partial charge in [0.25, 0.3) is 5.91 Å². The van der Waals surface area contributed by atoms with Gasteiger partial charge in [-0.15, -0.1) is 0 Å². The molecule has 1 fully saturated rings. The van der Waals surface area contributed by atoms with Gasteiger partial charge in [-0.05, 0) is 12.1 Å². The smallest absolute Gasteiger partial charge is 0.311 e. The molecule has 108 valence electrons. The van der Waals surface area contributed by atoms with Crippen LogP contribution in [0.4, 0.5) is 5.69 Å². The summed E-state index contributed by atoms with van der Waals surface area (Å²) in [4.78, 5) is 28.6. The highest BCUT2D eigenvalue weighted by Crippen LogP contribution is 2.24. The molecule has 0 spiro atoms. The van der Waals surface area contributed by atoms with E-state index in [9.17, 15) is 14.7 Å². The van der Waals surface area contributed by atoms with Gasteiger partial charge in [-0.1, -0.05) is 0 Å². The fraction of sp³-hybridized carbons (Fsp3) is 0.462. The molecule has 7 heteroatoms. The summed E-state index contributed by atoms with van der Waals surface area (Å²) >= 11 is 0. The summed E-state index contributed by atoms with van der Waals surface area (Å²) in [7, 11) is 3.32. The van der Waals surface area contributed by atoms with Crippen molar-refractivity contribution in [2.75, 3.05) is 32.2 Å². The number of carbonyl (C=O) groups excluding carboxylic acids is 1. The second kappa shape index (κ2) is 5.87. The molecule has 1 aliphatic rings. The molecule has 0 radical (unpaired) electrons. The third kappa shape index (κ3) is 2.72. The Morgan fingerprint density at radius 2 is 2.25 bits per heavy atom. The Hall–Kier alpha value is -2.15. The zero-order valence-corrected chi connectivity index (χ0v) is 11.4. The molecule has 0 saturated carbocycles. The van der Waals surface area contributed by atoms with Crippen molar-refractivity contribution < 1.29 is 19.4 Å². The highest BCUT2D eigenvalue weighted by atomic mass is 16.5. The van der Waals surface area contributed by atoms with E-state index < -0.39 is 11.9 Å². The Kier molecular flexibility index (Phi) is 4.19. The molecule has 7 nitrogen and oxygen atoms in total. The Labute approximate surface area is 116 Å². The lowest BCUT2D eigenvalue weighted by Crippen LogP contribution is -2.41. The number of rotatable bonds is 4. The van der Waals surface area contributed by atoms with Gasteiger partial charge in [0.1, 0.15) is 11.6 Å². The fourth-order valence-electron chi connectivity index (χ4n) is 2.24. The number of likely N-dealkylation sites (N-methyl/N-ethyl adjacent to an activating group) is 1. The largest absolute Gasteiger partial charge is 0.481 e.